The van der Waals surface area contributed by atoms with Crippen LogP contribution in [0, 0.1) is 5.82 Å². The number of carbonyl (C=O) groups excluding carboxylic acids is 1. The van der Waals surface area contributed by atoms with E-state index < -0.39 is 5.54 Å². The van der Waals surface area contributed by atoms with Crippen molar-refractivity contribution in [3.8, 4) is 5.75 Å². The zero-order valence-electron chi connectivity index (χ0n) is 13.9. The third kappa shape index (κ3) is 4.39. The van der Waals surface area contributed by atoms with Crippen molar-refractivity contribution in [1.82, 2.24) is 4.90 Å². The second-order valence-electron chi connectivity index (χ2n) is 6.78. The Morgan fingerprint density at radius 1 is 1.12 bits per heavy atom. The largest absolute Gasteiger partial charge is 0.490 e. The summed E-state index contributed by atoms with van der Waals surface area (Å²) in [5.41, 5.74) is 5.70. The molecular weight excluding hydrogens is 331 g/mol. The van der Waals surface area contributed by atoms with E-state index in [-0.39, 0.29) is 30.2 Å². The predicted molar refractivity (Wildman–Crippen MR) is 93.9 cm³/mol. The third-order valence-corrected chi connectivity index (χ3v) is 5.02. The van der Waals surface area contributed by atoms with Gasteiger partial charge in [0.2, 0.25) is 5.91 Å². The van der Waals surface area contributed by atoms with Crippen molar-refractivity contribution in [3.05, 3.63) is 30.1 Å². The summed E-state index contributed by atoms with van der Waals surface area (Å²) in [5, 5.41) is 0. The van der Waals surface area contributed by atoms with Crippen molar-refractivity contribution in [1.29, 1.82) is 0 Å². The monoisotopic (exact) mass is 356 g/mol. The van der Waals surface area contributed by atoms with Crippen LogP contribution in [0.25, 0.3) is 0 Å². The highest BCUT2D eigenvalue weighted by Crippen LogP contribution is 2.29. The molecule has 1 aliphatic carbocycles. The van der Waals surface area contributed by atoms with Gasteiger partial charge in [0, 0.05) is 25.9 Å². The Morgan fingerprint density at radius 3 is 2.29 bits per heavy atom. The number of amides is 1. The first kappa shape index (κ1) is 19.0. The molecule has 1 heterocycles. The summed E-state index contributed by atoms with van der Waals surface area (Å²) < 4.78 is 18.8. The Labute approximate surface area is 148 Å². The summed E-state index contributed by atoms with van der Waals surface area (Å²) in [5.74, 6) is 0.523. The van der Waals surface area contributed by atoms with Crippen LogP contribution in [-0.4, -0.2) is 35.5 Å². The minimum absolute atomic E-state index is 0. The van der Waals surface area contributed by atoms with Crippen LogP contribution < -0.4 is 10.5 Å². The zero-order valence-corrected chi connectivity index (χ0v) is 14.7. The van der Waals surface area contributed by atoms with E-state index in [0.717, 1.165) is 38.5 Å². The highest BCUT2D eigenvalue weighted by atomic mass is 35.5. The predicted octanol–water partition coefficient (Wildman–Crippen LogP) is 3.28. The molecule has 2 fully saturated rings. The summed E-state index contributed by atoms with van der Waals surface area (Å²) in [7, 11) is 0. The normalized spacial score (nSPS) is 21.0. The molecule has 0 bridgehead atoms. The number of hydrogen-bond donors (Lipinski definition) is 1. The van der Waals surface area contributed by atoms with Gasteiger partial charge in [0.25, 0.3) is 0 Å². The van der Waals surface area contributed by atoms with Gasteiger partial charge in [-0.15, -0.1) is 12.4 Å². The molecule has 0 aromatic heterocycles. The van der Waals surface area contributed by atoms with Crippen molar-refractivity contribution in [2.45, 2.75) is 56.6 Å². The van der Waals surface area contributed by atoms with Crippen LogP contribution in [0.2, 0.25) is 0 Å². The van der Waals surface area contributed by atoms with Crippen LogP contribution in [0.5, 0.6) is 5.75 Å². The van der Waals surface area contributed by atoms with Crippen molar-refractivity contribution in [3.63, 3.8) is 0 Å². The second-order valence-corrected chi connectivity index (χ2v) is 6.78. The van der Waals surface area contributed by atoms with E-state index in [0.29, 0.717) is 18.8 Å². The lowest BCUT2D eigenvalue weighted by atomic mass is 9.81. The smallest absolute Gasteiger partial charge is 0.242 e. The number of likely N-dealkylation sites (tertiary alicyclic amines) is 1. The summed E-state index contributed by atoms with van der Waals surface area (Å²) >= 11 is 0. The maximum Gasteiger partial charge on any atom is 0.242 e. The fourth-order valence-corrected chi connectivity index (χ4v) is 3.59. The molecule has 1 aromatic rings. The van der Waals surface area contributed by atoms with Crippen molar-refractivity contribution >= 4 is 18.3 Å². The van der Waals surface area contributed by atoms with Gasteiger partial charge in [-0.1, -0.05) is 19.3 Å². The quantitative estimate of drug-likeness (QED) is 0.904. The average Bonchev–Trinajstić information content (AvgIpc) is 2.58. The number of nitrogens with two attached hydrogens (primary N) is 1. The van der Waals surface area contributed by atoms with Gasteiger partial charge in [-0.25, -0.2) is 4.39 Å². The molecule has 2 N–H and O–H groups in total. The van der Waals surface area contributed by atoms with Crippen LogP contribution >= 0.6 is 12.4 Å². The molecule has 1 amide bonds. The summed E-state index contributed by atoms with van der Waals surface area (Å²) in [4.78, 5) is 14.6. The van der Waals surface area contributed by atoms with Crippen LogP contribution in [0.1, 0.15) is 44.9 Å². The Balaban J connectivity index is 0.00000208. The number of piperidine rings is 1. The maximum atomic E-state index is 12.9. The van der Waals surface area contributed by atoms with Gasteiger partial charge < -0.3 is 15.4 Å². The molecule has 0 radical (unpaired) electrons. The molecule has 1 aromatic carbocycles. The Morgan fingerprint density at radius 2 is 1.71 bits per heavy atom. The van der Waals surface area contributed by atoms with Gasteiger partial charge in [0.05, 0.1) is 5.54 Å². The average molecular weight is 357 g/mol. The van der Waals surface area contributed by atoms with E-state index >= 15 is 0 Å². The van der Waals surface area contributed by atoms with Crippen LogP contribution in [0.15, 0.2) is 24.3 Å². The number of rotatable bonds is 3. The number of nitrogens with zero attached hydrogens (tertiary/aromatic N) is 1. The van der Waals surface area contributed by atoms with E-state index in [4.69, 9.17) is 10.5 Å². The van der Waals surface area contributed by atoms with E-state index in [2.05, 4.69) is 0 Å². The molecule has 2 aliphatic rings. The fourth-order valence-electron chi connectivity index (χ4n) is 3.59. The molecule has 134 valence electrons. The molecule has 0 unspecified atom stereocenters. The highest BCUT2D eigenvalue weighted by molar-refractivity contribution is 5.86. The van der Waals surface area contributed by atoms with Gasteiger partial charge in [0.15, 0.2) is 0 Å². The van der Waals surface area contributed by atoms with Crippen LogP contribution in [-0.2, 0) is 4.79 Å². The Bertz CT molecular complexity index is 538. The third-order valence-electron chi connectivity index (χ3n) is 5.02. The number of hydrogen-bond acceptors (Lipinski definition) is 3. The number of benzene rings is 1. The second kappa shape index (κ2) is 8.17. The molecule has 24 heavy (non-hydrogen) atoms. The summed E-state index contributed by atoms with van der Waals surface area (Å²) in [6, 6.07) is 6.08. The molecule has 1 aliphatic heterocycles. The SMILES string of the molecule is Cl.NC1(C(=O)N2CCC(Oc3ccc(F)cc3)CC2)CCCCC1. The van der Waals surface area contributed by atoms with Crippen LogP contribution in [0.4, 0.5) is 4.39 Å². The lowest BCUT2D eigenvalue weighted by molar-refractivity contribution is -0.140. The lowest BCUT2D eigenvalue weighted by Gasteiger charge is -2.40. The molecule has 1 saturated carbocycles. The summed E-state index contributed by atoms with van der Waals surface area (Å²) in [6.07, 6.45) is 6.54. The molecule has 0 spiro atoms. The van der Waals surface area contributed by atoms with E-state index in [1.165, 1.54) is 18.6 Å². The first-order valence-corrected chi connectivity index (χ1v) is 8.57. The minimum Gasteiger partial charge on any atom is -0.490 e. The van der Waals surface area contributed by atoms with Crippen molar-refractivity contribution in [2.75, 3.05) is 13.1 Å². The van der Waals surface area contributed by atoms with Crippen LogP contribution in [0.3, 0.4) is 0 Å². The van der Waals surface area contributed by atoms with E-state index in [1.807, 2.05) is 4.90 Å². The van der Waals surface area contributed by atoms with Crippen molar-refractivity contribution < 1.29 is 13.9 Å². The highest BCUT2D eigenvalue weighted by Gasteiger charge is 2.39. The molecule has 3 rings (SSSR count). The Hall–Kier alpha value is -1.33. The van der Waals surface area contributed by atoms with Gasteiger partial charge >= 0.3 is 0 Å². The lowest BCUT2D eigenvalue weighted by Crippen LogP contribution is -2.58. The maximum absolute atomic E-state index is 12.9. The fraction of sp³-hybridized carbons (Fsp3) is 0.611. The van der Waals surface area contributed by atoms with Crippen molar-refractivity contribution in [2.24, 2.45) is 5.73 Å². The van der Waals surface area contributed by atoms with E-state index in [9.17, 15) is 9.18 Å². The molecular formula is C18H26ClFN2O2. The number of ether oxygens (including phenoxy) is 1. The van der Waals surface area contributed by atoms with Gasteiger partial charge in [-0.2, -0.15) is 0 Å². The number of carbonyl (C=O) groups is 1. The Kier molecular flexibility index (Phi) is 6.47. The van der Waals surface area contributed by atoms with Gasteiger partial charge in [-0.05, 0) is 37.1 Å². The summed E-state index contributed by atoms with van der Waals surface area (Å²) in [6.45, 7) is 1.37. The number of halogens is 2. The van der Waals surface area contributed by atoms with E-state index in [1.54, 1.807) is 12.1 Å². The molecule has 4 nitrogen and oxygen atoms in total. The molecule has 1 saturated heterocycles. The first-order valence-electron chi connectivity index (χ1n) is 8.57. The topological polar surface area (TPSA) is 55.6 Å². The van der Waals surface area contributed by atoms with Gasteiger partial charge in [0.1, 0.15) is 17.7 Å². The minimum atomic E-state index is -0.650. The van der Waals surface area contributed by atoms with Gasteiger partial charge in [-0.3, -0.25) is 4.79 Å². The first-order chi connectivity index (χ1) is 11.1. The zero-order chi connectivity index (χ0) is 16.3. The molecule has 0 atom stereocenters. The molecule has 6 heteroatoms. The standard InChI is InChI=1S/C18H25FN2O2.ClH/c19-14-4-6-15(7-5-14)23-16-8-12-21(13-9-16)17(22)18(20)10-2-1-3-11-18;/h4-7,16H,1-3,8-13,20H2;1H.